The van der Waals surface area contributed by atoms with E-state index in [1.807, 2.05) is 0 Å². The molecule has 1 aromatic carbocycles. The average Bonchev–Trinajstić information content (AvgIpc) is 2.90. The summed E-state index contributed by atoms with van der Waals surface area (Å²) in [4.78, 5) is 24.3. The SMILES string of the molecule is O=C1CC(C2CCCCC2)OC2CCCC(O)C12.O=c1cc(C2CCCCC2)oc2cccc(O)c12.[Zn]. The van der Waals surface area contributed by atoms with Crippen molar-refractivity contribution in [2.75, 3.05) is 0 Å². The molecule has 198 valence electrons. The van der Waals surface area contributed by atoms with Crippen LogP contribution in [-0.4, -0.2) is 34.3 Å². The molecule has 3 aliphatic carbocycles. The summed E-state index contributed by atoms with van der Waals surface area (Å²) in [6.45, 7) is 0. The second-order valence-corrected chi connectivity index (χ2v) is 11.3. The van der Waals surface area contributed by atoms with Crippen LogP contribution in [0.2, 0.25) is 0 Å². The predicted molar refractivity (Wildman–Crippen MR) is 138 cm³/mol. The van der Waals surface area contributed by atoms with E-state index in [1.165, 1.54) is 57.4 Å². The van der Waals surface area contributed by atoms with E-state index in [9.17, 15) is 19.8 Å². The number of rotatable bonds is 2. The van der Waals surface area contributed by atoms with Gasteiger partial charge in [0, 0.05) is 37.9 Å². The fraction of sp³-hybridized carbons (Fsp3) is 0.667. The number of ether oxygens (including phenoxy) is 1. The normalized spacial score (nSPS) is 29.1. The van der Waals surface area contributed by atoms with Crippen LogP contribution in [0, 0.1) is 11.8 Å². The zero-order chi connectivity index (χ0) is 25.1. The smallest absolute Gasteiger partial charge is 0.196 e. The fourth-order valence-corrected chi connectivity index (χ4v) is 6.90. The molecule has 4 aliphatic rings. The van der Waals surface area contributed by atoms with Crippen LogP contribution in [0.15, 0.2) is 33.5 Å². The number of aliphatic hydroxyl groups is 1. The van der Waals surface area contributed by atoms with Crippen molar-refractivity contribution in [1.82, 2.24) is 0 Å². The van der Waals surface area contributed by atoms with E-state index in [0.717, 1.165) is 37.9 Å². The van der Waals surface area contributed by atoms with Gasteiger partial charge in [-0.05, 0) is 63.0 Å². The van der Waals surface area contributed by atoms with Gasteiger partial charge in [0.25, 0.3) is 0 Å². The van der Waals surface area contributed by atoms with E-state index in [-0.39, 0.29) is 60.0 Å². The van der Waals surface area contributed by atoms with Gasteiger partial charge in [0.2, 0.25) is 0 Å². The van der Waals surface area contributed by atoms with Crippen molar-refractivity contribution in [3.8, 4) is 5.75 Å². The Labute approximate surface area is 231 Å². The van der Waals surface area contributed by atoms with Gasteiger partial charge in [-0.1, -0.05) is 44.6 Å². The summed E-state index contributed by atoms with van der Waals surface area (Å²) in [6, 6.07) is 6.51. The van der Waals surface area contributed by atoms with Gasteiger partial charge in [0.05, 0.1) is 24.2 Å². The Morgan fingerprint density at radius 1 is 0.811 bits per heavy atom. The Bertz CT molecular complexity index is 1100. The molecule has 0 spiro atoms. The fourth-order valence-electron chi connectivity index (χ4n) is 6.90. The van der Waals surface area contributed by atoms with Crippen LogP contribution in [0.1, 0.15) is 102 Å². The maximum absolute atomic E-state index is 12.3. The van der Waals surface area contributed by atoms with E-state index in [1.54, 1.807) is 18.2 Å². The number of aliphatic hydroxyl groups excluding tert-OH is 1. The van der Waals surface area contributed by atoms with E-state index >= 15 is 0 Å². The third-order valence-electron chi connectivity index (χ3n) is 8.86. The van der Waals surface area contributed by atoms with Crippen LogP contribution in [0.4, 0.5) is 0 Å². The molecule has 4 atom stereocenters. The Morgan fingerprint density at radius 3 is 2.24 bits per heavy atom. The molecule has 0 radical (unpaired) electrons. The summed E-state index contributed by atoms with van der Waals surface area (Å²) < 4.78 is 12.0. The van der Waals surface area contributed by atoms with Crippen molar-refractivity contribution >= 4 is 16.8 Å². The van der Waals surface area contributed by atoms with E-state index in [4.69, 9.17) is 9.15 Å². The molecule has 2 heterocycles. The van der Waals surface area contributed by atoms with Crippen molar-refractivity contribution in [2.45, 2.75) is 114 Å². The van der Waals surface area contributed by atoms with Gasteiger partial charge in [-0.2, -0.15) is 0 Å². The summed E-state index contributed by atoms with van der Waals surface area (Å²) in [7, 11) is 0. The van der Waals surface area contributed by atoms with Crippen molar-refractivity contribution in [2.24, 2.45) is 11.8 Å². The number of ketones is 1. The topological polar surface area (TPSA) is 97.0 Å². The van der Waals surface area contributed by atoms with Crippen LogP contribution >= 0.6 is 0 Å². The molecule has 1 saturated heterocycles. The van der Waals surface area contributed by atoms with Gasteiger partial charge in [-0.3, -0.25) is 9.59 Å². The van der Waals surface area contributed by atoms with Crippen LogP contribution < -0.4 is 5.43 Å². The number of carbonyl (C=O) groups is 1. The van der Waals surface area contributed by atoms with Crippen molar-refractivity contribution in [3.05, 3.63) is 40.2 Å². The number of carbonyl (C=O) groups excluding carboxylic acids is 1. The molecule has 2 aromatic rings. The number of benzene rings is 1. The van der Waals surface area contributed by atoms with E-state index < -0.39 is 6.10 Å². The van der Waals surface area contributed by atoms with Gasteiger partial charge >= 0.3 is 0 Å². The number of hydrogen-bond donors (Lipinski definition) is 2. The van der Waals surface area contributed by atoms with Gasteiger partial charge < -0.3 is 19.4 Å². The number of phenolic OH excluding ortho intramolecular Hbond substituents is 1. The Hall–Kier alpha value is -1.56. The molecule has 37 heavy (non-hydrogen) atoms. The summed E-state index contributed by atoms with van der Waals surface area (Å²) in [5.74, 6) is 1.75. The van der Waals surface area contributed by atoms with Crippen LogP contribution in [0.5, 0.6) is 5.75 Å². The molecule has 4 unspecified atom stereocenters. The molecule has 0 amide bonds. The Morgan fingerprint density at radius 2 is 1.51 bits per heavy atom. The minimum absolute atomic E-state index is 0. The third kappa shape index (κ3) is 6.54. The predicted octanol–water partition coefficient (Wildman–Crippen LogP) is 6.00. The zero-order valence-corrected chi connectivity index (χ0v) is 24.9. The first kappa shape index (κ1) is 28.5. The molecular weight excluding hydrogens is 522 g/mol. The molecule has 6 nitrogen and oxygen atoms in total. The largest absolute Gasteiger partial charge is 0.507 e. The molecule has 4 fully saturated rings. The number of phenols is 1. The standard InChI is InChI=1S/C15H24O3.C15H16O3.Zn/c2*16-11-7-4-8-13-15(11)12(17)9-14(18-13)10-5-2-1-3-6-10;/h10-11,13-16H,1-9H2;4,7-10,16H,1-3,5-6H2;. The van der Waals surface area contributed by atoms with Crippen LogP contribution in [-0.2, 0) is 29.0 Å². The Kier molecular flexibility index (Phi) is 9.99. The van der Waals surface area contributed by atoms with Crippen molar-refractivity contribution < 1.29 is 43.6 Å². The monoisotopic (exact) mass is 560 g/mol. The maximum Gasteiger partial charge on any atom is 0.196 e. The number of aromatic hydroxyl groups is 1. The number of Topliss-reactive ketones (excluding diaryl/α,β-unsaturated/α-hetero) is 1. The third-order valence-corrected chi connectivity index (χ3v) is 8.86. The van der Waals surface area contributed by atoms with Gasteiger partial charge in [-0.15, -0.1) is 0 Å². The van der Waals surface area contributed by atoms with E-state index in [0.29, 0.717) is 23.8 Å². The summed E-state index contributed by atoms with van der Waals surface area (Å²) in [5.41, 5.74) is 0.345. The average molecular weight is 562 g/mol. The molecule has 1 aliphatic heterocycles. The minimum atomic E-state index is -0.455. The maximum atomic E-state index is 12.3. The molecular formula is C30H40O6Zn. The van der Waals surface area contributed by atoms with Crippen molar-refractivity contribution in [3.63, 3.8) is 0 Å². The molecule has 0 bridgehead atoms. The first-order valence-electron chi connectivity index (χ1n) is 14.1. The zero-order valence-electron chi connectivity index (χ0n) is 21.9. The van der Waals surface area contributed by atoms with Crippen LogP contribution in [0.25, 0.3) is 11.0 Å². The first-order chi connectivity index (χ1) is 17.5. The molecule has 3 saturated carbocycles. The van der Waals surface area contributed by atoms with Gasteiger partial charge in [0.15, 0.2) is 5.43 Å². The van der Waals surface area contributed by atoms with Gasteiger partial charge in [0.1, 0.15) is 28.3 Å². The van der Waals surface area contributed by atoms with Crippen molar-refractivity contribution in [1.29, 1.82) is 0 Å². The van der Waals surface area contributed by atoms with E-state index in [2.05, 4.69) is 0 Å². The molecule has 7 heteroatoms. The summed E-state index contributed by atoms with van der Waals surface area (Å²) in [6.07, 6.45) is 15.2. The van der Waals surface area contributed by atoms with Gasteiger partial charge in [-0.25, -0.2) is 0 Å². The molecule has 6 rings (SSSR count). The second-order valence-electron chi connectivity index (χ2n) is 11.3. The molecule has 1 aromatic heterocycles. The quantitative estimate of drug-likeness (QED) is 0.437. The van der Waals surface area contributed by atoms with Crippen LogP contribution in [0.3, 0.4) is 0 Å². The number of fused-ring (bicyclic) bond motifs is 2. The molecule has 2 N–H and O–H groups in total. The summed E-state index contributed by atoms with van der Waals surface area (Å²) >= 11 is 0. The first-order valence-corrected chi connectivity index (χ1v) is 14.1. The number of hydrogen-bond acceptors (Lipinski definition) is 6. The Balaban J connectivity index is 0.000000168. The second kappa shape index (κ2) is 13.0. The summed E-state index contributed by atoms with van der Waals surface area (Å²) in [5, 5.41) is 20.0. The minimum Gasteiger partial charge on any atom is -0.507 e.